The van der Waals surface area contributed by atoms with E-state index in [1.165, 1.54) is 6.42 Å². The Hall–Kier alpha value is -0.0800. The largest absolute Gasteiger partial charge is 0.366 e. The average Bonchev–Trinajstić information content (AvgIpc) is 1.90. The molecule has 2 atom stereocenters. The SMILES string of the molecule is CC[C@H]1CO[C@H](C)C[NH2+]1. The van der Waals surface area contributed by atoms with Crippen molar-refractivity contribution in [3.63, 3.8) is 0 Å². The molecule has 0 unspecified atom stereocenters. The van der Waals surface area contributed by atoms with Crippen molar-refractivity contribution in [2.45, 2.75) is 32.4 Å². The van der Waals surface area contributed by atoms with Crippen molar-refractivity contribution < 1.29 is 10.1 Å². The minimum absolute atomic E-state index is 0.466. The molecule has 0 saturated carbocycles. The zero-order valence-corrected chi connectivity index (χ0v) is 6.26. The summed E-state index contributed by atoms with van der Waals surface area (Å²) in [6, 6.07) is 0.723. The molecule has 1 heterocycles. The summed E-state index contributed by atoms with van der Waals surface area (Å²) in [5, 5.41) is 2.38. The second-order valence-corrected chi connectivity index (χ2v) is 2.78. The monoisotopic (exact) mass is 130 g/mol. The maximum absolute atomic E-state index is 5.45. The summed E-state index contributed by atoms with van der Waals surface area (Å²) >= 11 is 0. The fraction of sp³-hybridized carbons (Fsp3) is 1.00. The smallest absolute Gasteiger partial charge is 0.109 e. The average molecular weight is 130 g/mol. The summed E-state index contributed by atoms with van der Waals surface area (Å²) in [6.45, 7) is 6.42. The van der Waals surface area contributed by atoms with E-state index in [9.17, 15) is 0 Å². The first-order chi connectivity index (χ1) is 4.33. The van der Waals surface area contributed by atoms with Crippen LogP contribution in [0.1, 0.15) is 20.3 Å². The second-order valence-electron chi connectivity index (χ2n) is 2.78. The number of morpholine rings is 1. The van der Waals surface area contributed by atoms with Gasteiger partial charge in [0.25, 0.3) is 0 Å². The summed E-state index contributed by atoms with van der Waals surface area (Å²) in [7, 11) is 0. The summed E-state index contributed by atoms with van der Waals surface area (Å²) in [5.74, 6) is 0. The molecule has 1 fully saturated rings. The van der Waals surface area contributed by atoms with Crippen LogP contribution in [-0.4, -0.2) is 25.3 Å². The molecule has 0 amide bonds. The number of hydrogen-bond acceptors (Lipinski definition) is 1. The van der Waals surface area contributed by atoms with Crippen LogP contribution in [0.25, 0.3) is 0 Å². The molecule has 0 aromatic carbocycles. The number of rotatable bonds is 1. The van der Waals surface area contributed by atoms with Gasteiger partial charge in [-0.2, -0.15) is 0 Å². The molecule has 0 aromatic rings. The second kappa shape index (κ2) is 3.18. The first kappa shape index (κ1) is 7.03. The highest BCUT2D eigenvalue weighted by Crippen LogP contribution is 1.95. The van der Waals surface area contributed by atoms with Crippen LogP contribution in [0.5, 0.6) is 0 Å². The van der Waals surface area contributed by atoms with E-state index in [1.807, 2.05) is 0 Å². The molecule has 1 aliphatic rings. The lowest BCUT2D eigenvalue weighted by molar-refractivity contribution is -0.711. The van der Waals surface area contributed by atoms with Gasteiger partial charge >= 0.3 is 0 Å². The first-order valence-electron chi connectivity index (χ1n) is 3.78. The highest BCUT2D eigenvalue weighted by molar-refractivity contribution is 4.57. The third kappa shape index (κ3) is 1.95. The topological polar surface area (TPSA) is 25.8 Å². The van der Waals surface area contributed by atoms with Gasteiger partial charge in [0.2, 0.25) is 0 Å². The molecule has 9 heavy (non-hydrogen) atoms. The minimum atomic E-state index is 0.466. The van der Waals surface area contributed by atoms with Crippen molar-refractivity contribution in [3.8, 4) is 0 Å². The number of quaternary nitrogens is 1. The zero-order chi connectivity index (χ0) is 6.69. The predicted molar refractivity (Wildman–Crippen MR) is 36.3 cm³/mol. The Morgan fingerprint density at radius 3 is 2.89 bits per heavy atom. The molecule has 1 rings (SSSR count). The number of nitrogens with two attached hydrogens (primary N) is 1. The molecule has 2 heteroatoms. The van der Waals surface area contributed by atoms with E-state index in [2.05, 4.69) is 19.2 Å². The van der Waals surface area contributed by atoms with Crippen LogP contribution in [0, 0.1) is 0 Å². The molecule has 2 N–H and O–H groups in total. The van der Waals surface area contributed by atoms with E-state index in [4.69, 9.17) is 4.74 Å². The highest BCUT2D eigenvalue weighted by Gasteiger charge is 2.18. The van der Waals surface area contributed by atoms with Crippen LogP contribution in [0.15, 0.2) is 0 Å². The molecule has 0 bridgehead atoms. The van der Waals surface area contributed by atoms with E-state index >= 15 is 0 Å². The Kier molecular flexibility index (Phi) is 2.49. The van der Waals surface area contributed by atoms with Gasteiger partial charge in [-0.05, 0) is 13.3 Å². The van der Waals surface area contributed by atoms with Crippen LogP contribution >= 0.6 is 0 Å². The standard InChI is InChI=1S/C7H15NO/c1-3-7-5-9-6(2)4-8-7/h6-8H,3-5H2,1-2H3/p+1/t6-,7+/m1/s1. The van der Waals surface area contributed by atoms with Crippen molar-refractivity contribution in [2.24, 2.45) is 0 Å². The Bertz CT molecular complexity index is 77.0. The molecule has 0 aromatic heterocycles. The molecule has 0 spiro atoms. The molecule has 1 aliphatic heterocycles. The van der Waals surface area contributed by atoms with Crippen LogP contribution in [0.3, 0.4) is 0 Å². The number of hydrogen-bond donors (Lipinski definition) is 1. The quantitative estimate of drug-likeness (QED) is 0.520. The lowest BCUT2D eigenvalue weighted by atomic mass is 10.2. The molecule has 2 nitrogen and oxygen atoms in total. The minimum Gasteiger partial charge on any atom is -0.366 e. The van der Waals surface area contributed by atoms with Crippen molar-refractivity contribution in [2.75, 3.05) is 13.2 Å². The maximum Gasteiger partial charge on any atom is 0.109 e. The summed E-state index contributed by atoms with van der Waals surface area (Å²) in [5.41, 5.74) is 0. The van der Waals surface area contributed by atoms with E-state index in [0.29, 0.717) is 6.10 Å². The van der Waals surface area contributed by atoms with Crippen LogP contribution in [-0.2, 0) is 4.74 Å². The fourth-order valence-electron chi connectivity index (χ4n) is 1.09. The Labute approximate surface area is 56.6 Å². The number of ether oxygens (including phenoxy) is 1. The summed E-state index contributed by atoms with van der Waals surface area (Å²) in [4.78, 5) is 0. The molecule has 54 valence electrons. The molecule has 0 radical (unpaired) electrons. The summed E-state index contributed by atoms with van der Waals surface area (Å²) in [6.07, 6.45) is 1.69. The van der Waals surface area contributed by atoms with Crippen molar-refractivity contribution >= 4 is 0 Å². The van der Waals surface area contributed by atoms with Crippen molar-refractivity contribution in [1.82, 2.24) is 0 Å². The van der Waals surface area contributed by atoms with E-state index < -0.39 is 0 Å². The van der Waals surface area contributed by atoms with Crippen LogP contribution in [0.2, 0.25) is 0 Å². The van der Waals surface area contributed by atoms with Gasteiger partial charge in [0.15, 0.2) is 0 Å². The van der Waals surface area contributed by atoms with Gasteiger partial charge in [-0.1, -0.05) is 6.92 Å². The Morgan fingerprint density at radius 2 is 2.44 bits per heavy atom. The van der Waals surface area contributed by atoms with Crippen LogP contribution < -0.4 is 5.32 Å². The fourth-order valence-corrected chi connectivity index (χ4v) is 1.09. The van der Waals surface area contributed by atoms with Gasteiger partial charge in [0.1, 0.15) is 18.7 Å². The Morgan fingerprint density at radius 1 is 1.67 bits per heavy atom. The molecular weight excluding hydrogens is 114 g/mol. The van der Waals surface area contributed by atoms with Crippen LogP contribution in [0.4, 0.5) is 0 Å². The molecule has 1 saturated heterocycles. The van der Waals surface area contributed by atoms with Crippen molar-refractivity contribution in [1.29, 1.82) is 0 Å². The van der Waals surface area contributed by atoms with Gasteiger partial charge in [-0.25, -0.2) is 0 Å². The van der Waals surface area contributed by atoms with E-state index in [-0.39, 0.29) is 0 Å². The first-order valence-corrected chi connectivity index (χ1v) is 3.78. The van der Waals surface area contributed by atoms with Gasteiger partial charge in [-0.3, -0.25) is 0 Å². The van der Waals surface area contributed by atoms with Gasteiger partial charge < -0.3 is 10.1 Å². The zero-order valence-electron chi connectivity index (χ0n) is 6.26. The predicted octanol–water partition coefficient (Wildman–Crippen LogP) is -0.253. The van der Waals surface area contributed by atoms with Gasteiger partial charge in [-0.15, -0.1) is 0 Å². The Balaban J connectivity index is 2.18. The summed E-state index contributed by atoms with van der Waals surface area (Å²) < 4.78 is 5.45. The van der Waals surface area contributed by atoms with Gasteiger partial charge in [0, 0.05) is 0 Å². The van der Waals surface area contributed by atoms with E-state index in [0.717, 1.165) is 19.2 Å². The van der Waals surface area contributed by atoms with Crippen molar-refractivity contribution in [3.05, 3.63) is 0 Å². The lowest BCUT2D eigenvalue weighted by Crippen LogP contribution is -2.94. The normalized spacial score (nSPS) is 36.7. The maximum atomic E-state index is 5.45. The van der Waals surface area contributed by atoms with Gasteiger partial charge in [0.05, 0.1) is 6.61 Å². The third-order valence-corrected chi connectivity index (χ3v) is 1.92. The lowest BCUT2D eigenvalue weighted by Gasteiger charge is -2.23. The highest BCUT2D eigenvalue weighted by atomic mass is 16.5. The third-order valence-electron chi connectivity index (χ3n) is 1.92. The van der Waals surface area contributed by atoms with E-state index in [1.54, 1.807) is 0 Å². The molecule has 0 aliphatic carbocycles. The molecular formula is C7H16NO+.